The van der Waals surface area contributed by atoms with Gasteiger partial charge in [0, 0.05) is 48.1 Å². The first kappa shape index (κ1) is 35.0. The van der Waals surface area contributed by atoms with Crippen LogP contribution in [0.4, 0.5) is 0 Å². The van der Waals surface area contributed by atoms with Gasteiger partial charge in [-0.15, -0.1) is 0 Å². The number of hydrogen-bond acceptors (Lipinski definition) is 2. The van der Waals surface area contributed by atoms with Crippen molar-refractivity contribution in [3.63, 3.8) is 0 Å². The van der Waals surface area contributed by atoms with Crippen molar-refractivity contribution in [1.82, 2.24) is 10.6 Å². The lowest BCUT2D eigenvalue weighted by molar-refractivity contribution is -0.387. The van der Waals surface area contributed by atoms with Crippen molar-refractivity contribution in [3.8, 4) is 11.8 Å². The Morgan fingerprint density at radius 2 is 1.02 bits per heavy atom. The van der Waals surface area contributed by atoms with Crippen molar-refractivity contribution >= 4 is 11.8 Å². The maximum atomic E-state index is 13.0. The van der Waals surface area contributed by atoms with Gasteiger partial charge in [0.05, 0.1) is 25.2 Å². The molecule has 0 bridgehead atoms. The molecule has 0 aliphatic rings. The summed E-state index contributed by atoms with van der Waals surface area (Å²) in [7, 11) is 0. The second-order valence-electron chi connectivity index (χ2n) is 11.4. The Labute approximate surface area is 253 Å². The second kappa shape index (κ2) is 20.7. The van der Waals surface area contributed by atoms with Crippen LogP contribution in [-0.2, 0) is 0 Å². The van der Waals surface area contributed by atoms with Crippen molar-refractivity contribution in [1.29, 1.82) is 0 Å². The third-order valence-electron chi connectivity index (χ3n) is 7.81. The van der Waals surface area contributed by atoms with Gasteiger partial charge in [-0.1, -0.05) is 76.6 Å². The fourth-order valence-corrected chi connectivity index (χ4v) is 5.36. The van der Waals surface area contributed by atoms with E-state index in [1.807, 2.05) is 48.5 Å². The summed E-state index contributed by atoms with van der Waals surface area (Å²) in [4.78, 5) is 25.5. The predicted octanol–water partition coefficient (Wildman–Crippen LogP) is 3.10. The van der Waals surface area contributed by atoms with Crippen LogP contribution < -0.4 is 27.8 Å². The molecule has 11 N–H and O–H groups in total. The number of rotatable bonds is 20. The minimum absolute atomic E-state index is 0.0380. The molecule has 0 unspecified atom stereocenters. The summed E-state index contributed by atoms with van der Waals surface area (Å²) >= 11 is 0. The smallest absolute Gasteiger partial charge is 0.251 e. The van der Waals surface area contributed by atoms with Crippen molar-refractivity contribution in [2.75, 3.05) is 26.2 Å². The van der Waals surface area contributed by atoms with Gasteiger partial charge in [0.25, 0.3) is 11.8 Å². The molecule has 0 fully saturated rings. The SMILES string of the molecule is CCCCCCCCCCCCNC(=O)c1ccc(C#Cc2ccc(C(=O)NC(CC[NH3+])(CC[NH3+])CC[NH3+])cc2)cc1. The van der Waals surface area contributed by atoms with Crippen LogP contribution in [0.25, 0.3) is 0 Å². The van der Waals surface area contributed by atoms with Crippen LogP contribution in [0.15, 0.2) is 48.5 Å². The van der Waals surface area contributed by atoms with E-state index in [2.05, 4.69) is 46.6 Å². The zero-order valence-corrected chi connectivity index (χ0v) is 26.1. The van der Waals surface area contributed by atoms with Gasteiger partial charge in [0.1, 0.15) is 0 Å². The van der Waals surface area contributed by atoms with E-state index < -0.39 is 0 Å². The zero-order valence-electron chi connectivity index (χ0n) is 26.1. The van der Waals surface area contributed by atoms with E-state index in [0.29, 0.717) is 17.7 Å². The Hall–Kier alpha value is -3.18. The van der Waals surface area contributed by atoms with E-state index in [4.69, 9.17) is 0 Å². The van der Waals surface area contributed by atoms with Gasteiger partial charge < -0.3 is 27.8 Å². The summed E-state index contributed by atoms with van der Waals surface area (Å²) in [5, 5.41) is 6.28. The molecule has 7 nitrogen and oxygen atoms in total. The molecule has 0 spiro atoms. The lowest BCUT2D eigenvalue weighted by Crippen LogP contribution is -2.64. The fourth-order valence-electron chi connectivity index (χ4n) is 5.36. The van der Waals surface area contributed by atoms with E-state index in [1.54, 1.807) is 0 Å². The minimum Gasteiger partial charge on any atom is -0.357 e. The molecule has 0 saturated heterocycles. The summed E-state index contributed by atoms with van der Waals surface area (Å²) in [6, 6.07) is 14.7. The van der Waals surface area contributed by atoms with Gasteiger partial charge in [-0.3, -0.25) is 9.59 Å². The number of carbonyl (C=O) groups excluding carboxylic acids is 2. The maximum Gasteiger partial charge on any atom is 0.251 e. The number of unbranched alkanes of at least 4 members (excludes halogenated alkanes) is 9. The summed E-state index contributed by atoms with van der Waals surface area (Å²) in [5.41, 5.74) is 14.6. The van der Waals surface area contributed by atoms with E-state index in [9.17, 15) is 9.59 Å². The van der Waals surface area contributed by atoms with Gasteiger partial charge in [-0.2, -0.15) is 0 Å². The highest BCUT2D eigenvalue weighted by molar-refractivity contribution is 5.95. The molecule has 42 heavy (non-hydrogen) atoms. The van der Waals surface area contributed by atoms with Crippen LogP contribution in [0.2, 0.25) is 0 Å². The van der Waals surface area contributed by atoms with E-state index in [-0.39, 0.29) is 17.4 Å². The van der Waals surface area contributed by atoms with Gasteiger partial charge in [-0.05, 0) is 55.0 Å². The molecule has 0 radical (unpaired) electrons. The Balaban J connectivity index is 1.79. The van der Waals surface area contributed by atoms with Crippen molar-refractivity contribution in [2.45, 2.75) is 95.9 Å². The van der Waals surface area contributed by atoms with E-state index in [0.717, 1.165) is 56.4 Å². The van der Waals surface area contributed by atoms with Crippen LogP contribution >= 0.6 is 0 Å². The quantitative estimate of drug-likeness (QED) is 0.122. The average molecular weight is 579 g/mol. The van der Waals surface area contributed by atoms with E-state index in [1.165, 1.54) is 57.8 Å². The van der Waals surface area contributed by atoms with Crippen molar-refractivity contribution in [3.05, 3.63) is 70.8 Å². The molecule has 0 atom stereocenters. The molecule has 2 aromatic rings. The Morgan fingerprint density at radius 3 is 1.45 bits per heavy atom. The molecule has 0 aromatic heterocycles. The summed E-state index contributed by atoms with van der Waals surface area (Å²) in [6.07, 6.45) is 15.3. The summed E-state index contributed by atoms with van der Waals surface area (Å²) in [6.45, 7) is 5.22. The molecular weight excluding hydrogens is 522 g/mol. The first-order chi connectivity index (χ1) is 20.5. The van der Waals surface area contributed by atoms with Crippen LogP contribution in [0.5, 0.6) is 0 Å². The summed E-state index contributed by atoms with van der Waals surface area (Å²) < 4.78 is 0. The molecule has 0 aliphatic heterocycles. The molecule has 0 saturated carbocycles. The van der Waals surface area contributed by atoms with Gasteiger partial charge >= 0.3 is 0 Å². The zero-order chi connectivity index (χ0) is 30.5. The lowest BCUT2D eigenvalue weighted by Gasteiger charge is -2.32. The normalized spacial score (nSPS) is 11.0. The van der Waals surface area contributed by atoms with Gasteiger partial charge in [0.15, 0.2) is 0 Å². The molecule has 0 aliphatic carbocycles. The van der Waals surface area contributed by atoms with Crippen molar-refractivity contribution in [2.24, 2.45) is 0 Å². The standard InChI is InChI=1S/C35H53N5O2/c1-2-3-4-5-6-7-8-9-10-11-28-39-33(41)31-18-14-29(15-19-31)12-13-30-16-20-32(21-17-30)34(42)40-35(22-25-36,23-26-37)24-27-38/h14-21H,2-11,22-28,36-38H2,1H3,(H,39,41)(H,40,42)/p+3. The topological polar surface area (TPSA) is 141 Å². The monoisotopic (exact) mass is 578 g/mol. The molecule has 2 rings (SSSR count). The molecule has 230 valence electrons. The number of hydrogen-bond donors (Lipinski definition) is 5. The largest absolute Gasteiger partial charge is 0.357 e. The molecule has 7 heteroatoms. The van der Waals surface area contributed by atoms with Crippen molar-refractivity contribution < 1.29 is 26.8 Å². The second-order valence-corrected chi connectivity index (χ2v) is 11.4. The number of nitrogens with one attached hydrogen (secondary N) is 2. The average Bonchev–Trinajstić information content (AvgIpc) is 2.99. The number of quaternary nitrogens is 3. The van der Waals surface area contributed by atoms with Gasteiger partial charge in [0.2, 0.25) is 0 Å². The highest BCUT2D eigenvalue weighted by Gasteiger charge is 2.32. The third kappa shape index (κ3) is 13.2. The number of benzene rings is 2. The Kier molecular flexibility index (Phi) is 17.2. The van der Waals surface area contributed by atoms with Gasteiger partial charge in [-0.25, -0.2) is 0 Å². The van der Waals surface area contributed by atoms with Crippen LogP contribution in [0.1, 0.15) is 122 Å². The molecule has 0 heterocycles. The molecule has 2 amide bonds. The highest BCUT2D eigenvalue weighted by atomic mass is 16.2. The number of amides is 2. The van der Waals surface area contributed by atoms with Crippen LogP contribution in [0.3, 0.4) is 0 Å². The first-order valence-electron chi connectivity index (χ1n) is 16.2. The predicted molar refractivity (Wildman–Crippen MR) is 170 cm³/mol. The van der Waals surface area contributed by atoms with Crippen LogP contribution in [-0.4, -0.2) is 43.5 Å². The minimum atomic E-state index is -0.309. The molecular formula is C35H56N5O2+3. The lowest BCUT2D eigenvalue weighted by atomic mass is 9.87. The maximum absolute atomic E-state index is 13.0. The van der Waals surface area contributed by atoms with Crippen LogP contribution in [0, 0.1) is 11.8 Å². The van der Waals surface area contributed by atoms with E-state index >= 15 is 0 Å². The Bertz CT molecular complexity index is 1090. The summed E-state index contributed by atoms with van der Waals surface area (Å²) in [5.74, 6) is 6.18. The Morgan fingerprint density at radius 1 is 0.619 bits per heavy atom. The highest BCUT2D eigenvalue weighted by Crippen LogP contribution is 2.19. The number of carbonyl (C=O) groups is 2. The fraction of sp³-hybridized carbons (Fsp3) is 0.543. The third-order valence-corrected chi connectivity index (χ3v) is 7.81. The first-order valence-corrected chi connectivity index (χ1v) is 16.2. The molecule has 2 aromatic carbocycles.